The van der Waals surface area contributed by atoms with E-state index in [-0.39, 0.29) is 0 Å². The minimum absolute atomic E-state index is 0.745. The Morgan fingerprint density at radius 1 is 1.44 bits per heavy atom. The molecular formula is C11H13ClN2S2. The number of hydrogen-bond donors (Lipinski definition) is 1. The number of thioether (sulfide) groups is 1. The van der Waals surface area contributed by atoms with Gasteiger partial charge in [0.05, 0.1) is 17.4 Å². The summed E-state index contributed by atoms with van der Waals surface area (Å²) >= 11 is 9.43. The zero-order valence-corrected chi connectivity index (χ0v) is 11.2. The Hall–Kier alpha value is -0.190. The summed E-state index contributed by atoms with van der Waals surface area (Å²) < 4.78 is 0.855. The lowest BCUT2D eigenvalue weighted by molar-refractivity contribution is 0.772. The molecule has 0 bridgehead atoms. The molecule has 2 heterocycles. The molecule has 1 atom stereocenters. The summed E-state index contributed by atoms with van der Waals surface area (Å²) in [4.78, 5) is 5.81. The van der Waals surface area contributed by atoms with Crippen LogP contribution in [0.3, 0.4) is 0 Å². The van der Waals surface area contributed by atoms with Gasteiger partial charge in [0.2, 0.25) is 0 Å². The van der Waals surface area contributed by atoms with Crippen molar-refractivity contribution in [3.63, 3.8) is 0 Å². The first-order valence-electron chi connectivity index (χ1n) is 5.50. The van der Waals surface area contributed by atoms with Crippen molar-refractivity contribution in [3.05, 3.63) is 21.3 Å². The number of nitrogens with one attached hydrogen (secondary N) is 1. The molecule has 2 aliphatic rings. The molecule has 1 fully saturated rings. The van der Waals surface area contributed by atoms with Crippen LogP contribution in [0.5, 0.6) is 0 Å². The normalized spacial score (nSPS) is 24.6. The summed E-state index contributed by atoms with van der Waals surface area (Å²) in [5, 5.41) is 5.25. The smallest absolute Gasteiger partial charge is 0.157 e. The van der Waals surface area contributed by atoms with Crippen molar-refractivity contribution >= 4 is 39.9 Å². The van der Waals surface area contributed by atoms with E-state index in [9.17, 15) is 0 Å². The van der Waals surface area contributed by atoms with Crippen molar-refractivity contribution in [2.75, 3.05) is 6.54 Å². The highest BCUT2D eigenvalue weighted by atomic mass is 35.5. The second-order valence-corrected chi connectivity index (χ2v) is 7.23. The quantitative estimate of drug-likeness (QED) is 0.912. The zero-order chi connectivity index (χ0) is 11.0. The van der Waals surface area contributed by atoms with Crippen LogP contribution in [0.1, 0.15) is 17.7 Å². The van der Waals surface area contributed by atoms with Crippen molar-refractivity contribution in [1.82, 2.24) is 5.32 Å². The molecule has 0 aromatic carbocycles. The van der Waals surface area contributed by atoms with Gasteiger partial charge < -0.3 is 5.32 Å². The Morgan fingerprint density at radius 2 is 2.31 bits per heavy atom. The van der Waals surface area contributed by atoms with Crippen molar-refractivity contribution in [2.24, 2.45) is 10.9 Å². The summed E-state index contributed by atoms with van der Waals surface area (Å²) in [6, 6.07) is 4.01. The van der Waals surface area contributed by atoms with E-state index in [4.69, 9.17) is 11.6 Å². The second kappa shape index (κ2) is 4.59. The second-order valence-electron chi connectivity index (χ2n) is 4.20. The molecule has 5 heteroatoms. The Morgan fingerprint density at radius 3 is 3.00 bits per heavy atom. The Labute approximate surface area is 108 Å². The number of nitrogens with zero attached hydrogens (tertiary/aromatic N) is 1. The summed E-state index contributed by atoms with van der Waals surface area (Å²) in [6.45, 7) is 1.85. The molecule has 0 spiro atoms. The van der Waals surface area contributed by atoms with Gasteiger partial charge in [-0.3, -0.25) is 4.99 Å². The maximum absolute atomic E-state index is 5.88. The van der Waals surface area contributed by atoms with Crippen molar-refractivity contribution in [2.45, 2.75) is 24.6 Å². The number of amidine groups is 1. The van der Waals surface area contributed by atoms with Crippen LogP contribution in [0.2, 0.25) is 4.34 Å². The van der Waals surface area contributed by atoms with E-state index < -0.39 is 0 Å². The third-order valence-corrected chi connectivity index (χ3v) is 5.43. The van der Waals surface area contributed by atoms with Crippen LogP contribution >= 0.6 is 34.7 Å². The van der Waals surface area contributed by atoms with Gasteiger partial charge in [-0.05, 0) is 30.9 Å². The van der Waals surface area contributed by atoms with Crippen molar-refractivity contribution in [3.8, 4) is 0 Å². The van der Waals surface area contributed by atoms with Gasteiger partial charge in [0.25, 0.3) is 0 Å². The highest BCUT2D eigenvalue weighted by molar-refractivity contribution is 8.14. The number of thiophene rings is 1. The standard InChI is InChI=1S/C11H13ClN2S2/c12-10-4-3-8(15-10)5-13-11-14-6-9(16-11)7-1-2-7/h3-4,7,9H,1-2,5-6H2,(H,13,14). The molecule has 1 unspecified atom stereocenters. The lowest BCUT2D eigenvalue weighted by Crippen LogP contribution is -2.18. The number of hydrogen-bond acceptors (Lipinski definition) is 4. The molecular weight excluding hydrogens is 260 g/mol. The monoisotopic (exact) mass is 272 g/mol. The Kier molecular flexibility index (Phi) is 3.14. The lowest BCUT2D eigenvalue weighted by Gasteiger charge is -2.06. The Bertz CT molecular complexity index is 412. The lowest BCUT2D eigenvalue weighted by atomic mass is 10.3. The molecule has 1 N–H and O–H groups in total. The van der Waals surface area contributed by atoms with Gasteiger partial charge in [0.1, 0.15) is 0 Å². The molecule has 3 rings (SSSR count). The summed E-state index contributed by atoms with van der Waals surface area (Å²) in [7, 11) is 0. The van der Waals surface area contributed by atoms with E-state index in [1.807, 2.05) is 17.8 Å². The fourth-order valence-corrected chi connectivity index (χ4v) is 4.04. The first-order valence-corrected chi connectivity index (χ1v) is 7.58. The third-order valence-electron chi connectivity index (χ3n) is 2.87. The van der Waals surface area contributed by atoms with E-state index >= 15 is 0 Å². The Balaban J connectivity index is 1.49. The van der Waals surface area contributed by atoms with Crippen molar-refractivity contribution < 1.29 is 0 Å². The molecule has 1 aliphatic carbocycles. The van der Waals surface area contributed by atoms with Crippen LogP contribution in [-0.4, -0.2) is 17.0 Å². The minimum atomic E-state index is 0.745. The van der Waals surface area contributed by atoms with Crippen LogP contribution in [0.25, 0.3) is 0 Å². The van der Waals surface area contributed by atoms with Gasteiger partial charge >= 0.3 is 0 Å². The molecule has 0 amide bonds. The maximum Gasteiger partial charge on any atom is 0.157 e. The molecule has 86 valence electrons. The average molecular weight is 273 g/mol. The van der Waals surface area contributed by atoms with E-state index in [0.29, 0.717) is 0 Å². The molecule has 16 heavy (non-hydrogen) atoms. The fourth-order valence-electron chi connectivity index (χ4n) is 1.81. The fraction of sp³-hybridized carbons (Fsp3) is 0.545. The van der Waals surface area contributed by atoms with E-state index in [0.717, 1.165) is 33.8 Å². The van der Waals surface area contributed by atoms with Gasteiger partial charge in [-0.2, -0.15) is 0 Å². The summed E-state index contributed by atoms with van der Waals surface area (Å²) in [5.41, 5.74) is 0. The number of aliphatic imine (C=N–C) groups is 1. The first-order chi connectivity index (χ1) is 7.81. The first kappa shape index (κ1) is 10.9. The van der Waals surface area contributed by atoms with Gasteiger partial charge in [-0.25, -0.2) is 0 Å². The van der Waals surface area contributed by atoms with Crippen LogP contribution in [0, 0.1) is 5.92 Å². The van der Waals surface area contributed by atoms with Crippen LogP contribution in [0.15, 0.2) is 17.1 Å². The molecule has 0 radical (unpaired) electrons. The van der Waals surface area contributed by atoms with E-state index in [1.54, 1.807) is 11.3 Å². The molecule has 1 aromatic heterocycles. The van der Waals surface area contributed by atoms with E-state index in [2.05, 4.69) is 16.4 Å². The van der Waals surface area contributed by atoms with Crippen molar-refractivity contribution in [1.29, 1.82) is 0 Å². The predicted octanol–water partition coefficient (Wildman–Crippen LogP) is 3.37. The van der Waals surface area contributed by atoms with Gasteiger partial charge in [-0.1, -0.05) is 23.4 Å². The number of halogens is 1. The summed E-state index contributed by atoms with van der Waals surface area (Å²) in [5.74, 6) is 0.934. The van der Waals surface area contributed by atoms with Crippen LogP contribution < -0.4 is 5.32 Å². The number of rotatable bonds is 3. The minimum Gasteiger partial charge on any atom is -0.360 e. The summed E-state index contributed by atoms with van der Waals surface area (Å²) in [6.07, 6.45) is 2.81. The van der Waals surface area contributed by atoms with Gasteiger partial charge in [0.15, 0.2) is 5.17 Å². The molecule has 1 aromatic rings. The van der Waals surface area contributed by atoms with Crippen LogP contribution in [0.4, 0.5) is 0 Å². The highest BCUT2D eigenvalue weighted by Gasteiger charge is 2.35. The molecule has 2 nitrogen and oxygen atoms in total. The topological polar surface area (TPSA) is 24.4 Å². The largest absolute Gasteiger partial charge is 0.360 e. The SMILES string of the molecule is Clc1ccc(CNC2=NCC(C3CC3)S2)s1. The molecule has 1 aliphatic heterocycles. The molecule has 0 saturated heterocycles. The van der Waals surface area contributed by atoms with Gasteiger partial charge in [-0.15, -0.1) is 11.3 Å². The van der Waals surface area contributed by atoms with Gasteiger partial charge in [0, 0.05) is 10.1 Å². The highest BCUT2D eigenvalue weighted by Crippen LogP contribution is 2.41. The average Bonchev–Trinajstić information content (AvgIpc) is 2.87. The molecule has 1 saturated carbocycles. The van der Waals surface area contributed by atoms with E-state index in [1.165, 1.54) is 17.7 Å². The zero-order valence-electron chi connectivity index (χ0n) is 8.78. The third kappa shape index (κ3) is 2.55. The van der Waals surface area contributed by atoms with Crippen LogP contribution in [-0.2, 0) is 6.54 Å². The predicted molar refractivity (Wildman–Crippen MR) is 72.6 cm³/mol. The maximum atomic E-state index is 5.88.